The lowest BCUT2D eigenvalue weighted by Gasteiger charge is -2.24. The Morgan fingerprint density at radius 2 is 1.47 bits per heavy atom. The van der Waals surface area contributed by atoms with Crippen molar-refractivity contribution in [1.82, 2.24) is 10.2 Å². The van der Waals surface area contributed by atoms with Crippen LogP contribution in [0.25, 0.3) is 11.1 Å². The van der Waals surface area contributed by atoms with Crippen molar-refractivity contribution < 1.29 is 22.8 Å². The van der Waals surface area contributed by atoms with E-state index in [0.717, 1.165) is 30.5 Å². The van der Waals surface area contributed by atoms with Gasteiger partial charge in [0.25, 0.3) is 5.91 Å². The van der Waals surface area contributed by atoms with Gasteiger partial charge in [-0.15, -0.1) is 0 Å². The number of halogens is 3. The summed E-state index contributed by atoms with van der Waals surface area (Å²) in [5.41, 5.74) is 1.47. The number of hydrogen-bond acceptors (Lipinski definition) is 2. The van der Waals surface area contributed by atoms with E-state index in [4.69, 9.17) is 0 Å². The molecule has 0 aromatic heterocycles. The van der Waals surface area contributed by atoms with Gasteiger partial charge in [0.2, 0.25) is 5.91 Å². The Morgan fingerprint density at radius 3 is 2.12 bits per heavy atom. The summed E-state index contributed by atoms with van der Waals surface area (Å²) in [6.45, 7) is 1.34. The summed E-state index contributed by atoms with van der Waals surface area (Å²) in [7, 11) is 0. The highest BCUT2D eigenvalue weighted by atomic mass is 19.4. The number of hydrogen-bond donors (Lipinski definition) is 1. The molecule has 1 N–H and O–H groups in total. The number of alkyl halides is 3. The van der Waals surface area contributed by atoms with E-state index in [1.165, 1.54) is 12.1 Å². The normalized spacial score (nSPS) is 14.6. The third-order valence-corrected chi connectivity index (χ3v) is 6.00. The van der Waals surface area contributed by atoms with Gasteiger partial charge in [0.15, 0.2) is 0 Å². The van der Waals surface area contributed by atoms with E-state index < -0.39 is 23.7 Å². The first kappa shape index (κ1) is 23.5. The minimum atomic E-state index is -4.43. The van der Waals surface area contributed by atoms with E-state index in [0.29, 0.717) is 36.2 Å². The van der Waals surface area contributed by atoms with Crippen molar-refractivity contribution in [2.75, 3.05) is 13.1 Å². The Hall–Kier alpha value is -3.61. The Morgan fingerprint density at radius 1 is 0.853 bits per heavy atom. The first-order valence-corrected chi connectivity index (χ1v) is 11.2. The van der Waals surface area contributed by atoms with Crippen molar-refractivity contribution in [2.24, 2.45) is 0 Å². The third-order valence-electron chi connectivity index (χ3n) is 6.00. The lowest BCUT2D eigenvalue weighted by Crippen LogP contribution is -2.49. The number of carbonyl (C=O) groups is 2. The van der Waals surface area contributed by atoms with Gasteiger partial charge in [-0.2, -0.15) is 13.2 Å². The van der Waals surface area contributed by atoms with Gasteiger partial charge in [-0.25, -0.2) is 0 Å². The monoisotopic (exact) mass is 466 g/mol. The molecule has 0 bridgehead atoms. The second-order valence-corrected chi connectivity index (χ2v) is 8.37. The average Bonchev–Trinajstić information content (AvgIpc) is 3.38. The topological polar surface area (TPSA) is 49.4 Å². The lowest BCUT2D eigenvalue weighted by atomic mass is 9.97. The number of nitrogens with zero attached hydrogens (tertiary/aromatic N) is 1. The maximum absolute atomic E-state index is 13.3. The van der Waals surface area contributed by atoms with Crippen molar-refractivity contribution in [2.45, 2.75) is 31.5 Å². The first-order valence-electron chi connectivity index (χ1n) is 11.2. The zero-order valence-electron chi connectivity index (χ0n) is 18.5. The molecular formula is C27H25F3N2O2. The Bertz CT molecular complexity index is 1140. The Labute approximate surface area is 196 Å². The quantitative estimate of drug-likeness (QED) is 0.534. The molecule has 2 amide bonds. The Balaban J connectivity index is 1.60. The van der Waals surface area contributed by atoms with E-state index in [9.17, 15) is 22.8 Å². The molecule has 7 heteroatoms. The summed E-state index contributed by atoms with van der Waals surface area (Å²) >= 11 is 0. The number of amides is 2. The molecule has 3 aromatic rings. The second-order valence-electron chi connectivity index (χ2n) is 8.37. The van der Waals surface area contributed by atoms with Crippen LogP contribution in [0.5, 0.6) is 0 Å². The fourth-order valence-electron chi connectivity index (χ4n) is 4.22. The summed E-state index contributed by atoms with van der Waals surface area (Å²) in [6.07, 6.45) is -2.20. The molecule has 176 valence electrons. The highest BCUT2D eigenvalue weighted by molar-refractivity contribution is 6.03. The molecule has 1 heterocycles. The smallest absolute Gasteiger partial charge is 0.341 e. The van der Waals surface area contributed by atoms with Crippen LogP contribution in [-0.4, -0.2) is 35.8 Å². The van der Waals surface area contributed by atoms with Crippen molar-refractivity contribution in [3.8, 4) is 11.1 Å². The molecule has 3 aromatic carbocycles. The van der Waals surface area contributed by atoms with Crippen molar-refractivity contribution >= 4 is 11.8 Å². The summed E-state index contributed by atoms with van der Waals surface area (Å²) in [4.78, 5) is 28.3. The number of benzene rings is 3. The van der Waals surface area contributed by atoms with Crippen LogP contribution in [0, 0.1) is 0 Å². The summed E-state index contributed by atoms with van der Waals surface area (Å²) in [6, 6.07) is 20.2. The molecular weight excluding hydrogens is 441 g/mol. The number of likely N-dealkylation sites (tertiary alicyclic amines) is 1. The third kappa shape index (κ3) is 5.47. The van der Waals surface area contributed by atoms with Crippen LogP contribution in [0.3, 0.4) is 0 Å². The van der Waals surface area contributed by atoms with E-state index in [-0.39, 0.29) is 5.91 Å². The second kappa shape index (κ2) is 10.1. The molecule has 0 saturated carbocycles. The van der Waals surface area contributed by atoms with Crippen LogP contribution in [0.1, 0.15) is 34.3 Å². The molecule has 0 spiro atoms. The lowest BCUT2D eigenvalue weighted by molar-refractivity contribution is -0.137. The first-order chi connectivity index (χ1) is 16.3. The van der Waals surface area contributed by atoms with E-state index in [1.807, 2.05) is 30.3 Å². The zero-order valence-corrected chi connectivity index (χ0v) is 18.5. The molecule has 1 unspecified atom stereocenters. The van der Waals surface area contributed by atoms with E-state index >= 15 is 0 Å². The minimum absolute atomic E-state index is 0.123. The van der Waals surface area contributed by atoms with Gasteiger partial charge >= 0.3 is 6.18 Å². The molecule has 1 saturated heterocycles. The minimum Gasteiger partial charge on any atom is -0.341 e. The van der Waals surface area contributed by atoms with E-state index in [1.54, 1.807) is 29.2 Å². The van der Waals surface area contributed by atoms with Gasteiger partial charge in [0.05, 0.1) is 5.56 Å². The van der Waals surface area contributed by atoms with Gasteiger partial charge in [0.1, 0.15) is 6.04 Å². The summed E-state index contributed by atoms with van der Waals surface area (Å²) < 4.78 is 38.9. The molecule has 1 aliphatic rings. The molecule has 1 atom stereocenters. The predicted molar refractivity (Wildman–Crippen MR) is 124 cm³/mol. The highest BCUT2D eigenvalue weighted by Crippen LogP contribution is 2.32. The largest absolute Gasteiger partial charge is 0.416 e. The van der Waals surface area contributed by atoms with Gasteiger partial charge < -0.3 is 10.2 Å². The van der Waals surface area contributed by atoms with E-state index in [2.05, 4.69) is 5.32 Å². The SMILES string of the molecule is O=C(NC(Cc1ccccc1)C(=O)N1CCCC1)c1ccccc1-c1ccc(C(F)(F)F)cc1. The van der Waals surface area contributed by atoms with Crippen LogP contribution in [0.15, 0.2) is 78.9 Å². The predicted octanol–water partition coefficient (Wildman–Crippen LogP) is 5.34. The fraction of sp³-hybridized carbons (Fsp3) is 0.259. The Kier molecular flexibility index (Phi) is 7.01. The van der Waals surface area contributed by atoms with Gasteiger partial charge in [0, 0.05) is 25.1 Å². The molecule has 0 radical (unpaired) electrons. The van der Waals surface area contributed by atoms with Crippen molar-refractivity contribution in [1.29, 1.82) is 0 Å². The number of rotatable bonds is 6. The van der Waals surface area contributed by atoms with Crippen LogP contribution in [0.2, 0.25) is 0 Å². The molecule has 34 heavy (non-hydrogen) atoms. The summed E-state index contributed by atoms with van der Waals surface area (Å²) in [5, 5.41) is 2.89. The fourth-order valence-corrected chi connectivity index (χ4v) is 4.22. The van der Waals surface area contributed by atoms with Crippen LogP contribution >= 0.6 is 0 Å². The average molecular weight is 467 g/mol. The standard InChI is InChI=1S/C27H25F3N2O2/c28-27(29,30)21-14-12-20(13-15-21)22-10-4-5-11-23(22)25(33)31-24(18-19-8-2-1-3-9-19)26(34)32-16-6-7-17-32/h1-5,8-15,24H,6-7,16-18H2,(H,31,33). The van der Waals surface area contributed by atoms with Gasteiger partial charge in [-0.1, -0.05) is 60.7 Å². The maximum Gasteiger partial charge on any atom is 0.416 e. The van der Waals surface area contributed by atoms with Gasteiger partial charge in [-0.3, -0.25) is 9.59 Å². The molecule has 4 rings (SSSR count). The zero-order chi connectivity index (χ0) is 24.1. The maximum atomic E-state index is 13.3. The van der Waals surface area contributed by atoms with Crippen molar-refractivity contribution in [3.05, 3.63) is 95.6 Å². The highest BCUT2D eigenvalue weighted by Gasteiger charge is 2.31. The molecule has 1 aliphatic heterocycles. The van der Waals surface area contributed by atoms with Crippen LogP contribution < -0.4 is 5.32 Å². The van der Waals surface area contributed by atoms with Crippen LogP contribution in [-0.2, 0) is 17.4 Å². The molecule has 4 nitrogen and oxygen atoms in total. The van der Waals surface area contributed by atoms with Gasteiger partial charge in [-0.05, 0) is 47.7 Å². The molecule has 1 fully saturated rings. The summed E-state index contributed by atoms with van der Waals surface area (Å²) in [5.74, 6) is -0.564. The van der Waals surface area contributed by atoms with Crippen molar-refractivity contribution in [3.63, 3.8) is 0 Å². The number of nitrogens with one attached hydrogen (secondary N) is 1. The molecule has 0 aliphatic carbocycles. The number of carbonyl (C=O) groups excluding carboxylic acids is 2. The van der Waals surface area contributed by atoms with Crippen LogP contribution in [0.4, 0.5) is 13.2 Å².